The van der Waals surface area contributed by atoms with Crippen LogP contribution in [0.5, 0.6) is 11.5 Å². The number of imidazole rings is 1. The smallest absolute Gasteiger partial charge is 0.231 e. The first-order valence-corrected chi connectivity index (χ1v) is 6.45. The van der Waals surface area contributed by atoms with Gasteiger partial charge >= 0.3 is 0 Å². The highest BCUT2D eigenvalue weighted by atomic mass is 16.7. The number of ether oxygens (including phenoxy) is 2. The van der Waals surface area contributed by atoms with Crippen molar-refractivity contribution in [1.29, 1.82) is 0 Å². The standard InChI is InChI=1S/C14H17N3O2/c1-2-17-9-16-8-12(17)7-15-6-11-4-3-5-13-14(11)19-10-18-13/h3-5,8-9,15H,2,6-7,10H2,1H3. The Morgan fingerprint density at radius 3 is 3.16 bits per heavy atom. The van der Waals surface area contributed by atoms with Crippen LogP contribution in [-0.4, -0.2) is 16.3 Å². The molecule has 19 heavy (non-hydrogen) atoms. The van der Waals surface area contributed by atoms with Gasteiger partial charge in [0.15, 0.2) is 11.5 Å². The zero-order chi connectivity index (χ0) is 13.1. The van der Waals surface area contributed by atoms with E-state index >= 15 is 0 Å². The fraction of sp³-hybridized carbons (Fsp3) is 0.357. The van der Waals surface area contributed by atoms with Gasteiger partial charge in [0.05, 0.1) is 12.0 Å². The molecule has 5 heteroatoms. The number of aromatic nitrogens is 2. The predicted molar refractivity (Wildman–Crippen MR) is 71.0 cm³/mol. The molecule has 1 aliphatic rings. The molecular weight excluding hydrogens is 242 g/mol. The van der Waals surface area contributed by atoms with Crippen LogP contribution in [0.15, 0.2) is 30.7 Å². The third-order valence-electron chi connectivity index (χ3n) is 3.24. The summed E-state index contributed by atoms with van der Waals surface area (Å²) in [7, 11) is 0. The second-order valence-corrected chi connectivity index (χ2v) is 4.43. The van der Waals surface area contributed by atoms with Gasteiger partial charge in [-0.1, -0.05) is 12.1 Å². The normalized spacial score (nSPS) is 12.9. The molecule has 1 aromatic carbocycles. The first-order valence-electron chi connectivity index (χ1n) is 6.45. The maximum Gasteiger partial charge on any atom is 0.231 e. The SMILES string of the molecule is CCn1cncc1CNCc1cccc2c1OCO2. The molecule has 1 N–H and O–H groups in total. The van der Waals surface area contributed by atoms with E-state index in [4.69, 9.17) is 9.47 Å². The zero-order valence-corrected chi connectivity index (χ0v) is 10.9. The molecule has 0 spiro atoms. The van der Waals surface area contributed by atoms with Crippen LogP contribution in [-0.2, 0) is 19.6 Å². The number of hydrogen-bond acceptors (Lipinski definition) is 4. The largest absolute Gasteiger partial charge is 0.454 e. The predicted octanol–water partition coefficient (Wildman–Crippen LogP) is 1.92. The van der Waals surface area contributed by atoms with E-state index in [1.165, 1.54) is 5.69 Å². The summed E-state index contributed by atoms with van der Waals surface area (Å²) in [6, 6.07) is 5.97. The van der Waals surface area contributed by atoms with Crippen molar-refractivity contribution in [3.05, 3.63) is 42.0 Å². The zero-order valence-electron chi connectivity index (χ0n) is 10.9. The van der Waals surface area contributed by atoms with Gasteiger partial charge in [0.25, 0.3) is 0 Å². The van der Waals surface area contributed by atoms with Gasteiger partial charge < -0.3 is 19.4 Å². The van der Waals surface area contributed by atoms with E-state index in [-0.39, 0.29) is 0 Å². The Bertz CT molecular complexity index is 566. The Balaban J connectivity index is 1.63. The summed E-state index contributed by atoms with van der Waals surface area (Å²) in [6.07, 6.45) is 3.75. The number of fused-ring (bicyclic) bond motifs is 1. The lowest BCUT2D eigenvalue weighted by molar-refractivity contribution is 0.173. The van der Waals surface area contributed by atoms with Gasteiger partial charge in [-0.05, 0) is 13.0 Å². The van der Waals surface area contributed by atoms with Crippen molar-refractivity contribution < 1.29 is 9.47 Å². The van der Waals surface area contributed by atoms with Gasteiger partial charge in [-0.15, -0.1) is 0 Å². The second kappa shape index (κ2) is 5.32. The molecule has 0 radical (unpaired) electrons. The summed E-state index contributed by atoms with van der Waals surface area (Å²) in [5, 5.41) is 3.41. The van der Waals surface area contributed by atoms with E-state index in [1.807, 2.05) is 24.7 Å². The Morgan fingerprint density at radius 1 is 1.32 bits per heavy atom. The van der Waals surface area contributed by atoms with Crippen molar-refractivity contribution in [1.82, 2.24) is 14.9 Å². The molecule has 1 aromatic heterocycles. The lowest BCUT2D eigenvalue weighted by Gasteiger charge is -2.09. The molecule has 1 aliphatic heterocycles. The van der Waals surface area contributed by atoms with Gasteiger partial charge in [0.1, 0.15) is 0 Å². The highest BCUT2D eigenvalue weighted by Crippen LogP contribution is 2.35. The molecule has 0 saturated heterocycles. The van der Waals surface area contributed by atoms with Crippen LogP contribution in [0.25, 0.3) is 0 Å². The summed E-state index contributed by atoms with van der Waals surface area (Å²) >= 11 is 0. The quantitative estimate of drug-likeness (QED) is 0.891. The molecule has 0 saturated carbocycles. The average Bonchev–Trinajstić information content (AvgIpc) is 3.07. The van der Waals surface area contributed by atoms with Crippen molar-refractivity contribution in [3.8, 4) is 11.5 Å². The van der Waals surface area contributed by atoms with E-state index in [0.717, 1.165) is 36.7 Å². The molecule has 0 fully saturated rings. The molecule has 100 valence electrons. The van der Waals surface area contributed by atoms with Gasteiger partial charge in [-0.3, -0.25) is 0 Å². The third kappa shape index (κ3) is 2.42. The first-order chi connectivity index (χ1) is 9.38. The second-order valence-electron chi connectivity index (χ2n) is 4.43. The molecule has 0 aliphatic carbocycles. The summed E-state index contributed by atoms with van der Waals surface area (Å²) in [5.74, 6) is 1.69. The van der Waals surface area contributed by atoms with Crippen LogP contribution < -0.4 is 14.8 Å². The topological polar surface area (TPSA) is 48.3 Å². The van der Waals surface area contributed by atoms with Crippen molar-refractivity contribution in [3.63, 3.8) is 0 Å². The minimum atomic E-state index is 0.314. The molecule has 2 heterocycles. The van der Waals surface area contributed by atoms with E-state index in [1.54, 1.807) is 0 Å². The van der Waals surface area contributed by atoms with Gasteiger partial charge in [0.2, 0.25) is 6.79 Å². The minimum Gasteiger partial charge on any atom is -0.454 e. The molecule has 3 rings (SSSR count). The number of nitrogens with one attached hydrogen (secondary N) is 1. The average molecular weight is 259 g/mol. The molecule has 0 bridgehead atoms. The summed E-state index contributed by atoms with van der Waals surface area (Å²) in [4.78, 5) is 4.15. The van der Waals surface area contributed by atoms with E-state index in [0.29, 0.717) is 6.79 Å². The fourth-order valence-electron chi connectivity index (χ4n) is 2.24. The van der Waals surface area contributed by atoms with Crippen LogP contribution >= 0.6 is 0 Å². The molecule has 5 nitrogen and oxygen atoms in total. The minimum absolute atomic E-state index is 0.314. The van der Waals surface area contributed by atoms with Gasteiger partial charge in [-0.25, -0.2) is 4.98 Å². The van der Waals surface area contributed by atoms with E-state index in [9.17, 15) is 0 Å². The fourth-order valence-corrected chi connectivity index (χ4v) is 2.24. The number of nitrogens with zero attached hydrogens (tertiary/aromatic N) is 2. The number of rotatable bonds is 5. The summed E-state index contributed by atoms with van der Waals surface area (Å²) in [6.45, 7) is 4.91. The lowest BCUT2D eigenvalue weighted by Crippen LogP contribution is -2.15. The molecule has 0 unspecified atom stereocenters. The summed E-state index contributed by atoms with van der Waals surface area (Å²) in [5.41, 5.74) is 2.31. The van der Waals surface area contributed by atoms with Crippen LogP contribution in [0, 0.1) is 0 Å². The molecular formula is C14H17N3O2. The Hall–Kier alpha value is -2.01. The van der Waals surface area contributed by atoms with Crippen LogP contribution in [0.2, 0.25) is 0 Å². The molecule has 2 aromatic rings. The summed E-state index contributed by atoms with van der Waals surface area (Å²) < 4.78 is 13.0. The van der Waals surface area contributed by atoms with Crippen molar-refractivity contribution in [2.24, 2.45) is 0 Å². The van der Waals surface area contributed by atoms with E-state index in [2.05, 4.69) is 27.9 Å². The van der Waals surface area contributed by atoms with Crippen LogP contribution in [0.1, 0.15) is 18.2 Å². The number of benzene rings is 1. The van der Waals surface area contributed by atoms with Gasteiger partial charge in [-0.2, -0.15) is 0 Å². The van der Waals surface area contributed by atoms with Crippen molar-refractivity contribution in [2.45, 2.75) is 26.6 Å². The third-order valence-corrected chi connectivity index (χ3v) is 3.24. The van der Waals surface area contributed by atoms with Gasteiger partial charge in [0, 0.05) is 31.4 Å². The number of hydrogen-bond donors (Lipinski definition) is 1. The van der Waals surface area contributed by atoms with E-state index < -0.39 is 0 Å². The first kappa shape index (κ1) is 12.0. The Labute approximate surface area is 112 Å². The van der Waals surface area contributed by atoms with Crippen molar-refractivity contribution >= 4 is 0 Å². The highest BCUT2D eigenvalue weighted by molar-refractivity contribution is 5.48. The monoisotopic (exact) mass is 259 g/mol. The lowest BCUT2D eigenvalue weighted by atomic mass is 10.2. The molecule has 0 amide bonds. The number of para-hydroxylation sites is 1. The van der Waals surface area contributed by atoms with Crippen LogP contribution in [0.3, 0.4) is 0 Å². The maximum absolute atomic E-state index is 5.48. The highest BCUT2D eigenvalue weighted by Gasteiger charge is 2.16. The Morgan fingerprint density at radius 2 is 2.26 bits per heavy atom. The Kier molecular flexibility index (Phi) is 3.37. The maximum atomic E-state index is 5.48. The van der Waals surface area contributed by atoms with Crippen molar-refractivity contribution in [2.75, 3.05) is 6.79 Å². The van der Waals surface area contributed by atoms with Crippen LogP contribution in [0.4, 0.5) is 0 Å². The molecule has 0 atom stereocenters. The number of aryl methyl sites for hydroxylation is 1.